The summed E-state index contributed by atoms with van der Waals surface area (Å²) in [6, 6.07) is 18.6. The predicted octanol–water partition coefficient (Wildman–Crippen LogP) is 6.53. The van der Waals surface area contributed by atoms with Crippen molar-refractivity contribution in [1.29, 1.82) is 0 Å². The molecule has 30 heavy (non-hydrogen) atoms. The molecule has 3 N–H and O–H groups in total. The average Bonchev–Trinajstić information content (AvgIpc) is 3.20. The molecule has 0 aliphatic rings. The van der Waals surface area contributed by atoms with Gasteiger partial charge in [-0.3, -0.25) is 0 Å². The molecule has 0 aliphatic carbocycles. The summed E-state index contributed by atoms with van der Waals surface area (Å²) in [6.07, 6.45) is 3.74. The Morgan fingerprint density at radius 1 is 0.967 bits per heavy atom. The maximum atomic E-state index is 6.30. The first-order valence-corrected chi connectivity index (χ1v) is 9.99. The predicted molar refractivity (Wildman–Crippen MR) is 133 cm³/mol. The minimum atomic E-state index is 0. The van der Waals surface area contributed by atoms with Gasteiger partial charge in [-0.05, 0) is 48.7 Å². The summed E-state index contributed by atoms with van der Waals surface area (Å²) in [7, 11) is 0. The van der Waals surface area contributed by atoms with Gasteiger partial charge in [-0.2, -0.15) is 0 Å². The van der Waals surface area contributed by atoms with Crippen LogP contribution in [0.5, 0.6) is 0 Å². The third-order valence-corrected chi connectivity index (χ3v) is 5.71. The Morgan fingerprint density at radius 3 is 2.50 bits per heavy atom. The zero-order chi connectivity index (χ0) is 19.5. The monoisotopic (exact) mass is 458 g/mol. The van der Waals surface area contributed by atoms with Crippen LogP contribution in [0.3, 0.4) is 0 Å². The zero-order valence-corrected chi connectivity index (χ0v) is 19.2. The van der Waals surface area contributed by atoms with Crippen molar-refractivity contribution >= 4 is 47.7 Å². The van der Waals surface area contributed by atoms with Gasteiger partial charge < -0.3 is 11.1 Å². The van der Waals surface area contributed by atoms with Crippen molar-refractivity contribution in [3.05, 3.63) is 83.7 Å². The van der Waals surface area contributed by atoms with E-state index in [1.54, 1.807) is 11.3 Å². The first-order chi connectivity index (χ1) is 13.6. The van der Waals surface area contributed by atoms with Gasteiger partial charge in [-0.15, -0.1) is 36.2 Å². The molecule has 0 atom stereocenters. The summed E-state index contributed by atoms with van der Waals surface area (Å²) in [5, 5.41) is 4.33. The van der Waals surface area contributed by atoms with Gasteiger partial charge in [0.2, 0.25) is 0 Å². The summed E-state index contributed by atoms with van der Waals surface area (Å²) in [6.45, 7) is 4.86. The number of nitrogens with zero attached hydrogens (tertiary/aromatic N) is 2. The van der Waals surface area contributed by atoms with Gasteiger partial charge in [0.05, 0.1) is 4.88 Å². The van der Waals surface area contributed by atoms with Gasteiger partial charge in [0.25, 0.3) is 0 Å². The lowest BCUT2D eigenvalue weighted by atomic mass is 10.1. The van der Waals surface area contributed by atoms with Crippen LogP contribution in [0.2, 0.25) is 0 Å². The molecule has 0 fully saturated rings. The molecule has 7 heteroatoms. The van der Waals surface area contributed by atoms with Gasteiger partial charge in [-0.1, -0.05) is 42.0 Å². The molecule has 4 aromatic rings. The fourth-order valence-electron chi connectivity index (χ4n) is 3.16. The number of aromatic nitrogens is 2. The Labute approximate surface area is 193 Å². The fraction of sp³-hybridized carbons (Fsp3) is 0.130. The highest BCUT2D eigenvalue weighted by atomic mass is 35.5. The Balaban J connectivity index is 0.00000160. The zero-order valence-electron chi connectivity index (χ0n) is 16.8. The van der Waals surface area contributed by atoms with E-state index in [9.17, 15) is 0 Å². The van der Waals surface area contributed by atoms with Crippen LogP contribution in [0.4, 0.5) is 11.5 Å². The molecule has 0 aliphatic heterocycles. The SMILES string of the molecule is Cc1cc(C)c(N)c(-c2ncc(-c3ccnc(NCc4ccccc4)c3)s2)c1.Cl.Cl. The average molecular weight is 459 g/mol. The summed E-state index contributed by atoms with van der Waals surface area (Å²) in [5.41, 5.74) is 12.7. The minimum Gasteiger partial charge on any atom is -0.398 e. The van der Waals surface area contributed by atoms with E-state index in [0.29, 0.717) is 0 Å². The molecule has 0 saturated carbocycles. The molecule has 156 valence electrons. The van der Waals surface area contributed by atoms with Crippen molar-refractivity contribution in [2.24, 2.45) is 0 Å². The number of aryl methyl sites for hydroxylation is 2. The van der Waals surface area contributed by atoms with E-state index in [1.807, 2.05) is 43.6 Å². The number of benzene rings is 2. The van der Waals surface area contributed by atoms with Gasteiger partial charge in [0.1, 0.15) is 10.8 Å². The van der Waals surface area contributed by atoms with E-state index in [1.165, 1.54) is 11.1 Å². The summed E-state index contributed by atoms with van der Waals surface area (Å²) >= 11 is 1.65. The van der Waals surface area contributed by atoms with Crippen molar-refractivity contribution in [3.63, 3.8) is 0 Å². The number of hydrogen-bond donors (Lipinski definition) is 2. The van der Waals surface area contributed by atoms with E-state index in [0.717, 1.165) is 44.6 Å². The van der Waals surface area contributed by atoms with Crippen LogP contribution < -0.4 is 11.1 Å². The van der Waals surface area contributed by atoms with Crippen molar-refractivity contribution < 1.29 is 0 Å². The molecule has 0 unspecified atom stereocenters. The number of thiazole rings is 1. The maximum absolute atomic E-state index is 6.30. The topological polar surface area (TPSA) is 63.8 Å². The molecule has 4 nitrogen and oxygen atoms in total. The molecule has 2 aromatic heterocycles. The number of pyridine rings is 1. The summed E-state index contributed by atoms with van der Waals surface area (Å²) in [5.74, 6) is 0.849. The van der Waals surface area contributed by atoms with Crippen LogP contribution in [0.1, 0.15) is 16.7 Å². The van der Waals surface area contributed by atoms with Crippen molar-refractivity contribution in [1.82, 2.24) is 9.97 Å². The van der Waals surface area contributed by atoms with E-state index >= 15 is 0 Å². The molecular weight excluding hydrogens is 435 g/mol. The van der Waals surface area contributed by atoms with Crippen LogP contribution in [-0.4, -0.2) is 9.97 Å². The maximum Gasteiger partial charge on any atom is 0.126 e. The lowest BCUT2D eigenvalue weighted by Gasteiger charge is -2.08. The lowest BCUT2D eigenvalue weighted by Crippen LogP contribution is -2.00. The first-order valence-electron chi connectivity index (χ1n) is 9.17. The molecule has 2 heterocycles. The van der Waals surface area contributed by atoms with Crippen molar-refractivity contribution in [2.45, 2.75) is 20.4 Å². The van der Waals surface area contributed by atoms with Gasteiger partial charge in [-0.25, -0.2) is 9.97 Å². The molecule has 4 rings (SSSR count). The van der Waals surface area contributed by atoms with Gasteiger partial charge in [0.15, 0.2) is 0 Å². The molecular formula is C23H24Cl2N4S. The Kier molecular flexibility index (Phi) is 8.24. The molecule has 2 aromatic carbocycles. The fourth-order valence-corrected chi connectivity index (χ4v) is 4.10. The Hall–Kier alpha value is -2.60. The number of hydrogen-bond acceptors (Lipinski definition) is 5. The van der Waals surface area contributed by atoms with Gasteiger partial charge >= 0.3 is 0 Å². The van der Waals surface area contributed by atoms with Crippen molar-refractivity contribution in [2.75, 3.05) is 11.1 Å². The summed E-state index contributed by atoms with van der Waals surface area (Å²) < 4.78 is 0. The normalized spacial score (nSPS) is 10.1. The van der Waals surface area contributed by atoms with Crippen LogP contribution in [0, 0.1) is 13.8 Å². The van der Waals surface area contributed by atoms with E-state index in [2.05, 4.69) is 52.5 Å². The van der Waals surface area contributed by atoms with Crippen molar-refractivity contribution in [3.8, 4) is 21.0 Å². The number of nitrogens with two attached hydrogens (primary N) is 1. The van der Waals surface area contributed by atoms with Crippen LogP contribution >= 0.6 is 36.2 Å². The smallest absolute Gasteiger partial charge is 0.126 e. The number of nitrogens with one attached hydrogen (secondary N) is 1. The summed E-state index contributed by atoms with van der Waals surface area (Å²) in [4.78, 5) is 10.2. The van der Waals surface area contributed by atoms with Crippen LogP contribution in [0.25, 0.3) is 21.0 Å². The minimum absolute atomic E-state index is 0. The highest BCUT2D eigenvalue weighted by molar-refractivity contribution is 7.18. The van der Waals surface area contributed by atoms with Gasteiger partial charge in [0, 0.05) is 30.2 Å². The molecule has 0 amide bonds. The number of rotatable bonds is 5. The first kappa shape index (κ1) is 23.7. The van der Waals surface area contributed by atoms with Crippen LogP contribution in [-0.2, 0) is 6.54 Å². The molecule has 0 radical (unpaired) electrons. The second-order valence-electron chi connectivity index (χ2n) is 6.84. The van der Waals surface area contributed by atoms with E-state index in [4.69, 9.17) is 5.73 Å². The third kappa shape index (κ3) is 5.30. The molecule has 0 spiro atoms. The second-order valence-corrected chi connectivity index (χ2v) is 7.87. The Bertz CT molecular complexity index is 1110. The largest absolute Gasteiger partial charge is 0.398 e. The highest BCUT2D eigenvalue weighted by Gasteiger charge is 2.12. The van der Waals surface area contributed by atoms with E-state index in [-0.39, 0.29) is 24.8 Å². The number of anilines is 2. The van der Waals surface area contributed by atoms with E-state index < -0.39 is 0 Å². The quantitative estimate of drug-likeness (QED) is 0.333. The third-order valence-electron chi connectivity index (χ3n) is 4.63. The highest BCUT2D eigenvalue weighted by Crippen LogP contribution is 2.36. The van der Waals surface area contributed by atoms with Crippen LogP contribution in [0.15, 0.2) is 67.0 Å². The molecule has 0 saturated heterocycles. The number of halogens is 2. The standard InChI is InChI=1S/C23H22N4S.2ClH/c1-15-10-16(2)22(24)19(11-15)23-27-14-20(28-23)18-8-9-25-21(12-18)26-13-17-6-4-3-5-7-17;;/h3-12,14H,13,24H2,1-2H3,(H,25,26);2*1H. The molecule has 0 bridgehead atoms. The number of nitrogen functional groups attached to an aromatic ring is 1. The second kappa shape index (κ2) is 10.4. The Morgan fingerprint density at radius 2 is 1.73 bits per heavy atom. The lowest BCUT2D eigenvalue weighted by molar-refractivity contribution is 1.11.